The topological polar surface area (TPSA) is 39.2 Å². The lowest BCUT2D eigenvalue weighted by Gasteiger charge is -1.96. The Morgan fingerprint density at radius 2 is 2.33 bits per heavy atom. The molecule has 6 heteroatoms. The fourth-order valence-corrected chi connectivity index (χ4v) is 2.78. The molecule has 1 aromatic rings. The van der Waals surface area contributed by atoms with Crippen LogP contribution in [0.2, 0.25) is 0 Å². The highest BCUT2D eigenvalue weighted by atomic mass is 79.9. The molecule has 3 nitrogen and oxygen atoms in total. The average molecular weight is 315 g/mol. The monoisotopic (exact) mass is 313 g/mol. The SMILES string of the molecule is CCOC(=O)c1sc(Br)nc1Br. The lowest BCUT2D eigenvalue weighted by Crippen LogP contribution is -2.02. The Morgan fingerprint density at radius 3 is 2.75 bits per heavy atom. The van der Waals surface area contributed by atoms with Gasteiger partial charge in [0.2, 0.25) is 0 Å². The molecule has 12 heavy (non-hydrogen) atoms. The molecule has 0 spiro atoms. The van der Waals surface area contributed by atoms with Crippen LogP contribution < -0.4 is 0 Å². The van der Waals surface area contributed by atoms with Crippen LogP contribution in [-0.2, 0) is 4.74 Å². The van der Waals surface area contributed by atoms with E-state index in [9.17, 15) is 4.79 Å². The highest BCUT2D eigenvalue weighted by Crippen LogP contribution is 2.27. The highest BCUT2D eigenvalue weighted by Gasteiger charge is 2.15. The minimum absolute atomic E-state index is 0.340. The van der Waals surface area contributed by atoms with Crippen LogP contribution in [0.15, 0.2) is 8.52 Å². The van der Waals surface area contributed by atoms with Gasteiger partial charge in [0.25, 0.3) is 0 Å². The summed E-state index contributed by atoms with van der Waals surface area (Å²) in [4.78, 5) is 15.6. The van der Waals surface area contributed by atoms with Crippen LogP contribution in [0.5, 0.6) is 0 Å². The number of carbonyl (C=O) groups excluding carboxylic acids is 1. The molecular weight excluding hydrogens is 310 g/mol. The summed E-state index contributed by atoms with van der Waals surface area (Å²) in [6, 6.07) is 0. The summed E-state index contributed by atoms with van der Waals surface area (Å²) in [7, 11) is 0. The zero-order valence-corrected chi connectivity index (χ0v) is 10.1. The molecule has 0 aliphatic heterocycles. The molecule has 0 aliphatic carbocycles. The van der Waals surface area contributed by atoms with Gasteiger partial charge >= 0.3 is 5.97 Å². The van der Waals surface area contributed by atoms with E-state index in [4.69, 9.17) is 4.74 Å². The maximum Gasteiger partial charge on any atom is 0.351 e. The summed E-state index contributed by atoms with van der Waals surface area (Å²) < 4.78 is 5.99. The molecule has 0 saturated heterocycles. The number of aromatic nitrogens is 1. The van der Waals surface area contributed by atoms with Gasteiger partial charge in [0.05, 0.1) is 6.61 Å². The van der Waals surface area contributed by atoms with Crippen molar-refractivity contribution in [2.75, 3.05) is 6.61 Å². The maximum absolute atomic E-state index is 11.2. The molecule has 0 atom stereocenters. The smallest absolute Gasteiger partial charge is 0.351 e. The van der Waals surface area contributed by atoms with Crippen LogP contribution in [0, 0.1) is 0 Å². The van der Waals surface area contributed by atoms with E-state index >= 15 is 0 Å². The maximum atomic E-state index is 11.2. The van der Waals surface area contributed by atoms with Crippen molar-refractivity contribution in [1.82, 2.24) is 4.98 Å². The third kappa shape index (κ3) is 2.27. The number of carbonyl (C=O) groups is 1. The Bertz CT molecular complexity index is 300. The fraction of sp³-hybridized carbons (Fsp3) is 0.333. The Hall–Kier alpha value is 0.0600. The quantitative estimate of drug-likeness (QED) is 0.788. The molecule has 66 valence electrons. The summed E-state index contributed by atoms with van der Waals surface area (Å²) in [6.45, 7) is 2.14. The van der Waals surface area contributed by atoms with Crippen LogP contribution in [0.1, 0.15) is 16.6 Å². The van der Waals surface area contributed by atoms with Crippen LogP contribution in [-0.4, -0.2) is 17.6 Å². The second-order valence-electron chi connectivity index (χ2n) is 1.81. The van der Waals surface area contributed by atoms with E-state index in [1.807, 2.05) is 0 Å². The largest absolute Gasteiger partial charge is 0.462 e. The van der Waals surface area contributed by atoms with E-state index in [1.165, 1.54) is 11.3 Å². The Balaban J connectivity index is 2.87. The lowest BCUT2D eigenvalue weighted by atomic mass is 10.6. The molecule has 0 aromatic carbocycles. The zero-order chi connectivity index (χ0) is 9.14. The van der Waals surface area contributed by atoms with Gasteiger partial charge in [0.15, 0.2) is 3.92 Å². The number of halogens is 2. The Kier molecular flexibility index (Phi) is 3.67. The molecule has 0 amide bonds. The van der Waals surface area contributed by atoms with E-state index in [2.05, 4.69) is 36.8 Å². The normalized spacial score (nSPS) is 9.92. The second-order valence-corrected chi connectivity index (χ2v) is 4.83. The van der Waals surface area contributed by atoms with E-state index in [0.717, 1.165) is 0 Å². The number of rotatable bonds is 2. The van der Waals surface area contributed by atoms with Gasteiger partial charge in [0.1, 0.15) is 9.48 Å². The molecule has 0 saturated carbocycles. The van der Waals surface area contributed by atoms with Crippen LogP contribution >= 0.6 is 43.2 Å². The molecule has 1 aromatic heterocycles. The molecule has 0 N–H and O–H groups in total. The van der Waals surface area contributed by atoms with Crippen molar-refractivity contribution >= 4 is 49.2 Å². The molecule has 1 rings (SSSR count). The molecule has 0 unspecified atom stereocenters. The van der Waals surface area contributed by atoms with Gasteiger partial charge in [-0.05, 0) is 38.8 Å². The van der Waals surface area contributed by atoms with Crippen molar-refractivity contribution in [2.24, 2.45) is 0 Å². The first-order valence-corrected chi connectivity index (χ1v) is 5.54. The summed E-state index contributed by atoms with van der Waals surface area (Å²) in [5.41, 5.74) is 0. The summed E-state index contributed by atoms with van der Waals surface area (Å²) >= 11 is 7.57. The lowest BCUT2D eigenvalue weighted by molar-refractivity contribution is 0.0531. The predicted molar refractivity (Wildman–Crippen MR) is 53.5 cm³/mol. The first-order chi connectivity index (χ1) is 5.65. The predicted octanol–water partition coefficient (Wildman–Crippen LogP) is 2.84. The molecule has 1 heterocycles. The fourth-order valence-electron chi connectivity index (χ4n) is 0.600. The minimum Gasteiger partial charge on any atom is -0.462 e. The third-order valence-electron chi connectivity index (χ3n) is 1.02. The van der Waals surface area contributed by atoms with Gasteiger partial charge in [-0.25, -0.2) is 9.78 Å². The van der Waals surface area contributed by atoms with E-state index in [0.29, 0.717) is 20.0 Å². The zero-order valence-electron chi connectivity index (χ0n) is 6.13. The number of ether oxygens (including phenoxy) is 1. The second kappa shape index (κ2) is 4.34. The minimum atomic E-state index is -0.340. The van der Waals surface area contributed by atoms with E-state index in [-0.39, 0.29) is 5.97 Å². The summed E-state index contributed by atoms with van der Waals surface area (Å²) in [5.74, 6) is -0.340. The molecule has 0 aliphatic rings. The van der Waals surface area contributed by atoms with Crippen molar-refractivity contribution < 1.29 is 9.53 Å². The van der Waals surface area contributed by atoms with Gasteiger partial charge in [-0.15, -0.1) is 0 Å². The van der Waals surface area contributed by atoms with Crippen molar-refractivity contribution in [3.05, 3.63) is 13.4 Å². The third-order valence-corrected chi connectivity index (χ3v) is 3.34. The van der Waals surface area contributed by atoms with E-state index in [1.54, 1.807) is 6.92 Å². The van der Waals surface area contributed by atoms with Crippen LogP contribution in [0.25, 0.3) is 0 Å². The number of esters is 1. The standard InChI is InChI=1S/C6H5Br2NO2S/c1-2-11-5(10)3-4(7)9-6(8)12-3/h2H2,1H3. The van der Waals surface area contributed by atoms with Crippen molar-refractivity contribution in [3.8, 4) is 0 Å². The van der Waals surface area contributed by atoms with Gasteiger partial charge in [-0.3, -0.25) is 0 Å². The number of hydrogen-bond donors (Lipinski definition) is 0. The number of nitrogens with zero attached hydrogens (tertiary/aromatic N) is 1. The Labute approximate surface area is 90.4 Å². The summed E-state index contributed by atoms with van der Waals surface area (Å²) in [6.07, 6.45) is 0. The van der Waals surface area contributed by atoms with Gasteiger partial charge in [-0.2, -0.15) is 0 Å². The molecule has 0 radical (unpaired) electrons. The first-order valence-electron chi connectivity index (χ1n) is 3.14. The van der Waals surface area contributed by atoms with Crippen molar-refractivity contribution in [2.45, 2.75) is 6.92 Å². The van der Waals surface area contributed by atoms with Gasteiger partial charge in [0, 0.05) is 0 Å². The van der Waals surface area contributed by atoms with Crippen molar-refractivity contribution in [3.63, 3.8) is 0 Å². The summed E-state index contributed by atoms with van der Waals surface area (Å²) in [5, 5.41) is 0. The van der Waals surface area contributed by atoms with Crippen molar-refractivity contribution in [1.29, 1.82) is 0 Å². The van der Waals surface area contributed by atoms with Crippen LogP contribution in [0.3, 0.4) is 0 Å². The van der Waals surface area contributed by atoms with Crippen LogP contribution in [0.4, 0.5) is 0 Å². The number of hydrogen-bond acceptors (Lipinski definition) is 4. The first kappa shape index (κ1) is 10.1. The highest BCUT2D eigenvalue weighted by molar-refractivity contribution is 9.11. The number of thiazole rings is 1. The van der Waals surface area contributed by atoms with Gasteiger partial charge in [-0.1, -0.05) is 11.3 Å². The average Bonchev–Trinajstić information content (AvgIpc) is 2.30. The molecule has 0 fully saturated rings. The Morgan fingerprint density at radius 1 is 1.67 bits per heavy atom. The molecule has 0 bridgehead atoms. The molecular formula is C6H5Br2NO2S. The van der Waals surface area contributed by atoms with E-state index < -0.39 is 0 Å². The van der Waals surface area contributed by atoms with Gasteiger partial charge < -0.3 is 4.74 Å².